The first-order valence-electron chi connectivity index (χ1n) is 9.81. The Morgan fingerprint density at radius 1 is 1.07 bits per heavy atom. The first-order chi connectivity index (χ1) is 14.4. The Bertz CT molecular complexity index is 1170. The number of rotatable bonds is 5. The van der Waals surface area contributed by atoms with E-state index in [1.807, 2.05) is 18.2 Å². The van der Waals surface area contributed by atoms with Gasteiger partial charge in [0.2, 0.25) is 0 Å². The molecule has 0 saturated carbocycles. The molecule has 158 valence electrons. The highest BCUT2D eigenvalue weighted by Gasteiger charge is 2.18. The zero-order chi connectivity index (χ0) is 21.3. The molecule has 0 N–H and O–H groups in total. The van der Waals surface area contributed by atoms with E-state index in [1.165, 1.54) is 6.33 Å². The minimum Gasteiger partial charge on any atom is -0.369 e. The number of hydrogen-bond acceptors (Lipinski definition) is 5. The van der Waals surface area contributed by atoms with Gasteiger partial charge >= 0.3 is 0 Å². The summed E-state index contributed by atoms with van der Waals surface area (Å²) in [6.45, 7) is 3.37. The molecule has 0 radical (unpaired) electrons. The maximum Gasteiger partial charge on any atom is 0.261 e. The second-order valence-corrected chi connectivity index (χ2v) is 7.54. The number of halogens is 2. The van der Waals surface area contributed by atoms with Gasteiger partial charge in [0.1, 0.15) is 0 Å². The Balaban J connectivity index is 1.44. The summed E-state index contributed by atoms with van der Waals surface area (Å²) in [7, 11) is 1.73. The number of alkyl halides is 2. The molecule has 0 atom stereocenters. The van der Waals surface area contributed by atoms with Gasteiger partial charge in [-0.15, -0.1) is 0 Å². The van der Waals surface area contributed by atoms with Gasteiger partial charge in [0, 0.05) is 57.7 Å². The van der Waals surface area contributed by atoms with Gasteiger partial charge in [0.05, 0.1) is 23.8 Å². The van der Waals surface area contributed by atoms with E-state index in [9.17, 15) is 18.4 Å². The summed E-state index contributed by atoms with van der Waals surface area (Å²) in [6.07, 6.45) is 0.366. The van der Waals surface area contributed by atoms with Crippen LogP contribution in [0.5, 0.6) is 0 Å². The number of anilines is 1. The fraction of sp³-hybridized carbons (Fsp3) is 0.381. The lowest BCUT2D eigenvalue weighted by atomic mass is 10.1. The van der Waals surface area contributed by atoms with Gasteiger partial charge in [-0.3, -0.25) is 19.1 Å². The van der Waals surface area contributed by atoms with Crippen molar-refractivity contribution >= 4 is 16.6 Å². The van der Waals surface area contributed by atoms with Gasteiger partial charge in [-0.1, -0.05) is 0 Å². The zero-order valence-corrected chi connectivity index (χ0v) is 16.7. The first kappa shape index (κ1) is 20.2. The van der Waals surface area contributed by atoms with Crippen molar-refractivity contribution in [1.82, 2.24) is 19.0 Å². The SMILES string of the molecule is Cn1ccc(CN2CCN(c3ccc4c(=O)n(CC(F)F)cnc4c3)CC2)cc1=O. The summed E-state index contributed by atoms with van der Waals surface area (Å²) in [5, 5.41) is 0.339. The van der Waals surface area contributed by atoms with Crippen molar-refractivity contribution in [3.8, 4) is 0 Å². The second-order valence-electron chi connectivity index (χ2n) is 7.54. The van der Waals surface area contributed by atoms with Crippen LogP contribution in [0.3, 0.4) is 0 Å². The van der Waals surface area contributed by atoms with Crippen LogP contribution in [-0.4, -0.2) is 51.6 Å². The number of aromatic nitrogens is 3. The van der Waals surface area contributed by atoms with Crippen LogP contribution >= 0.6 is 0 Å². The van der Waals surface area contributed by atoms with Gasteiger partial charge < -0.3 is 9.47 Å². The molecule has 0 spiro atoms. The quantitative estimate of drug-likeness (QED) is 0.635. The highest BCUT2D eigenvalue weighted by molar-refractivity contribution is 5.81. The fourth-order valence-electron chi connectivity index (χ4n) is 3.73. The summed E-state index contributed by atoms with van der Waals surface area (Å²) < 4.78 is 27.7. The van der Waals surface area contributed by atoms with E-state index >= 15 is 0 Å². The molecule has 0 unspecified atom stereocenters. The minimum atomic E-state index is -2.60. The number of benzene rings is 1. The molecule has 3 heterocycles. The van der Waals surface area contributed by atoms with E-state index in [0.29, 0.717) is 10.9 Å². The zero-order valence-electron chi connectivity index (χ0n) is 16.7. The van der Waals surface area contributed by atoms with E-state index in [2.05, 4.69) is 14.8 Å². The number of hydrogen-bond donors (Lipinski definition) is 0. The third kappa shape index (κ3) is 4.25. The minimum absolute atomic E-state index is 0.0117. The largest absolute Gasteiger partial charge is 0.369 e. The molecule has 0 bridgehead atoms. The molecule has 9 heteroatoms. The normalized spacial score (nSPS) is 15.3. The number of pyridine rings is 1. The lowest BCUT2D eigenvalue weighted by Gasteiger charge is -2.36. The monoisotopic (exact) mass is 415 g/mol. The molecule has 1 aliphatic heterocycles. The van der Waals surface area contributed by atoms with E-state index in [1.54, 1.807) is 29.9 Å². The van der Waals surface area contributed by atoms with Crippen molar-refractivity contribution in [3.63, 3.8) is 0 Å². The summed E-state index contributed by atoms with van der Waals surface area (Å²) in [5.41, 5.74) is 1.99. The van der Waals surface area contributed by atoms with Crippen molar-refractivity contribution in [2.75, 3.05) is 31.1 Å². The molecule has 1 fully saturated rings. The topological polar surface area (TPSA) is 63.4 Å². The molecule has 3 aromatic rings. The van der Waals surface area contributed by atoms with Crippen LogP contribution < -0.4 is 16.0 Å². The van der Waals surface area contributed by atoms with Crippen LogP contribution in [-0.2, 0) is 20.1 Å². The van der Waals surface area contributed by atoms with Crippen molar-refractivity contribution in [2.45, 2.75) is 19.5 Å². The lowest BCUT2D eigenvalue weighted by molar-refractivity contribution is 0.125. The first-order valence-corrected chi connectivity index (χ1v) is 9.81. The average molecular weight is 415 g/mol. The van der Waals surface area contributed by atoms with Crippen LogP contribution in [0.25, 0.3) is 10.9 Å². The molecule has 7 nitrogen and oxygen atoms in total. The van der Waals surface area contributed by atoms with Gasteiger partial charge in [0.25, 0.3) is 17.5 Å². The third-order valence-corrected chi connectivity index (χ3v) is 5.46. The summed E-state index contributed by atoms with van der Waals surface area (Å²) >= 11 is 0. The number of piperazine rings is 1. The van der Waals surface area contributed by atoms with Crippen molar-refractivity contribution < 1.29 is 8.78 Å². The molecule has 30 heavy (non-hydrogen) atoms. The Morgan fingerprint density at radius 2 is 1.83 bits per heavy atom. The lowest BCUT2D eigenvalue weighted by Crippen LogP contribution is -2.46. The summed E-state index contributed by atoms with van der Waals surface area (Å²) in [6, 6.07) is 8.97. The Labute approximate surface area is 171 Å². The number of nitrogens with zero attached hydrogens (tertiary/aromatic N) is 5. The Hall–Kier alpha value is -3.07. The number of aryl methyl sites for hydroxylation is 1. The van der Waals surface area contributed by atoms with Gasteiger partial charge in [-0.2, -0.15) is 0 Å². The van der Waals surface area contributed by atoms with Crippen molar-refractivity contribution in [2.24, 2.45) is 7.05 Å². The van der Waals surface area contributed by atoms with Gasteiger partial charge in [-0.05, 0) is 29.8 Å². The maximum absolute atomic E-state index is 12.6. The molecule has 0 aliphatic carbocycles. The van der Waals surface area contributed by atoms with E-state index < -0.39 is 18.5 Å². The molecule has 0 amide bonds. The van der Waals surface area contributed by atoms with E-state index in [4.69, 9.17) is 0 Å². The van der Waals surface area contributed by atoms with Crippen LogP contribution in [0, 0.1) is 0 Å². The molecule has 2 aromatic heterocycles. The van der Waals surface area contributed by atoms with E-state index in [0.717, 1.165) is 48.5 Å². The van der Waals surface area contributed by atoms with E-state index in [-0.39, 0.29) is 5.56 Å². The molecular weight excluding hydrogens is 392 g/mol. The average Bonchev–Trinajstić information content (AvgIpc) is 2.73. The van der Waals surface area contributed by atoms with Crippen molar-refractivity contribution in [1.29, 1.82) is 0 Å². The smallest absolute Gasteiger partial charge is 0.261 e. The Kier molecular flexibility index (Phi) is 5.63. The number of fused-ring (bicyclic) bond motifs is 1. The van der Waals surface area contributed by atoms with Crippen LogP contribution in [0.15, 0.2) is 52.4 Å². The molecular formula is C21H23F2N5O2. The van der Waals surface area contributed by atoms with Gasteiger partial charge in [-0.25, -0.2) is 13.8 Å². The molecule has 1 aliphatic rings. The molecule has 1 saturated heterocycles. The van der Waals surface area contributed by atoms with Crippen LogP contribution in [0.4, 0.5) is 14.5 Å². The van der Waals surface area contributed by atoms with Crippen LogP contribution in [0.2, 0.25) is 0 Å². The predicted molar refractivity (Wildman–Crippen MR) is 111 cm³/mol. The van der Waals surface area contributed by atoms with Crippen LogP contribution in [0.1, 0.15) is 5.56 Å². The molecule has 1 aromatic carbocycles. The van der Waals surface area contributed by atoms with Crippen molar-refractivity contribution in [3.05, 3.63) is 69.1 Å². The highest BCUT2D eigenvalue weighted by atomic mass is 19.3. The fourth-order valence-corrected chi connectivity index (χ4v) is 3.73. The van der Waals surface area contributed by atoms with Gasteiger partial charge in [0.15, 0.2) is 0 Å². The summed E-state index contributed by atoms with van der Waals surface area (Å²) in [5.74, 6) is 0. The standard InChI is InChI=1S/C21H23F2N5O2/c1-25-5-4-15(10-20(25)29)12-26-6-8-27(9-7-26)16-2-3-17-18(11-16)24-14-28(21(17)30)13-19(22)23/h2-5,10-11,14,19H,6-9,12-13H2,1H3. The summed E-state index contributed by atoms with van der Waals surface area (Å²) in [4.78, 5) is 32.9. The third-order valence-electron chi connectivity index (χ3n) is 5.46. The second kappa shape index (κ2) is 8.35. The Morgan fingerprint density at radius 3 is 2.53 bits per heavy atom. The maximum atomic E-state index is 12.6. The predicted octanol–water partition coefficient (Wildman–Crippen LogP) is 1.68. The molecule has 4 rings (SSSR count). The highest BCUT2D eigenvalue weighted by Crippen LogP contribution is 2.21.